The highest BCUT2D eigenvalue weighted by molar-refractivity contribution is 7.88. The first-order valence-corrected chi connectivity index (χ1v) is 14.7. The molecule has 0 radical (unpaired) electrons. The Morgan fingerprint density at radius 2 is 1.56 bits per heavy atom. The van der Waals surface area contributed by atoms with Crippen LogP contribution in [-0.4, -0.2) is 96.3 Å². The van der Waals surface area contributed by atoms with Gasteiger partial charge >= 0.3 is 0 Å². The first-order chi connectivity index (χ1) is 18.6. The smallest absolute Gasteiger partial charge is 0.291 e. The highest BCUT2D eigenvalue weighted by Gasteiger charge is 2.24. The van der Waals surface area contributed by atoms with Crippen molar-refractivity contribution in [1.29, 1.82) is 0 Å². The molecule has 1 aromatic heterocycles. The van der Waals surface area contributed by atoms with E-state index in [2.05, 4.69) is 27.1 Å². The van der Waals surface area contributed by atoms with Gasteiger partial charge < -0.3 is 29.2 Å². The number of methoxy groups -OCH3 is 1. The van der Waals surface area contributed by atoms with Gasteiger partial charge in [-0.25, -0.2) is 8.42 Å². The summed E-state index contributed by atoms with van der Waals surface area (Å²) in [5.41, 5.74) is 2.25. The van der Waals surface area contributed by atoms with E-state index < -0.39 is 15.9 Å². The van der Waals surface area contributed by atoms with Crippen LogP contribution < -0.4 is 25.3 Å². The fraction of sp³-hybridized carbons (Fsp3) is 0.407. The maximum absolute atomic E-state index is 13.1. The molecule has 2 saturated heterocycles. The van der Waals surface area contributed by atoms with E-state index in [-0.39, 0.29) is 11.2 Å². The molecule has 1 N–H and O–H groups in total. The number of carbonyl (C=O) groups is 1. The van der Waals surface area contributed by atoms with E-state index in [1.54, 1.807) is 25.3 Å². The number of nitrogens with zero attached hydrogens (tertiary/aromatic N) is 4. The topological polar surface area (TPSA) is 116 Å². The molecule has 3 heterocycles. The summed E-state index contributed by atoms with van der Waals surface area (Å²) in [5.74, 6) is -0.0450. The number of piperazine rings is 2. The standard InChI is InChI=1S/C27H33N5O6S/c1-29-8-10-31(11-9-29)23-17-21(37-2)16-22-24(33)18-25(38-26(22)23)27(34)28-19-4-6-20(7-5-19)30-12-14-32(15-13-30)39(3,35)36/h4-7,16-18H,8-15H2,1-3H3,(H,28,34). The third-order valence-corrected chi connectivity index (χ3v) is 8.59. The lowest BCUT2D eigenvalue weighted by Gasteiger charge is -2.34. The van der Waals surface area contributed by atoms with Crippen LogP contribution in [0.25, 0.3) is 11.0 Å². The van der Waals surface area contributed by atoms with Crippen molar-refractivity contribution in [1.82, 2.24) is 9.21 Å². The molecule has 2 aromatic carbocycles. The van der Waals surface area contributed by atoms with Crippen LogP contribution in [-0.2, 0) is 10.0 Å². The minimum absolute atomic E-state index is 0.0750. The minimum Gasteiger partial charge on any atom is -0.497 e. The number of fused-ring (bicyclic) bond motifs is 1. The second-order valence-corrected chi connectivity index (χ2v) is 11.9. The largest absolute Gasteiger partial charge is 0.497 e. The molecule has 3 aromatic rings. The predicted molar refractivity (Wildman–Crippen MR) is 152 cm³/mol. The van der Waals surface area contributed by atoms with Crippen molar-refractivity contribution in [3.63, 3.8) is 0 Å². The second kappa shape index (κ2) is 10.9. The monoisotopic (exact) mass is 555 g/mol. The summed E-state index contributed by atoms with van der Waals surface area (Å²) in [4.78, 5) is 32.6. The van der Waals surface area contributed by atoms with Gasteiger partial charge in [0, 0.05) is 75.9 Å². The summed E-state index contributed by atoms with van der Waals surface area (Å²) < 4.78 is 36.5. The first-order valence-electron chi connectivity index (χ1n) is 12.8. The molecule has 0 unspecified atom stereocenters. The fourth-order valence-corrected chi connectivity index (χ4v) is 5.78. The number of nitrogens with one attached hydrogen (secondary N) is 1. The maximum atomic E-state index is 13.1. The van der Waals surface area contributed by atoms with Crippen LogP contribution in [0.2, 0.25) is 0 Å². The van der Waals surface area contributed by atoms with Crippen molar-refractivity contribution < 1.29 is 22.4 Å². The number of ether oxygens (including phenoxy) is 1. The summed E-state index contributed by atoms with van der Waals surface area (Å²) >= 11 is 0. The van der Waals surface area contributed by atoms with Gasteiger partial charge in [0.2, 0.25) is 10.0 Å². The fourth-order valence-electron chi connectivity index (χ4n) is 4.95. The zero-order chi connectivity index (χ0) is 27.7. The molecule has 12 heteroatoms. The molecule has 2 aliphatic rings. The summed E-state index contributed by atoms with van der Waals surface area (Å²) in [7, 11) is 0.427. The molecule has 208 valence electrons. The first kappa shape index (κ1) is 27.0. The van der Waals surface area contributed by atoms with Gasteiger partial charge in [-0.1, -0.05) is 0 Å². The Morgan fingerprint density at radius 1 is 0.923 bits per heavy atom. The maximum Gasteiger partial charge on any atom is 0.291 e. The number of rotatable bonds is 6. The van der Waals surface area contributed by atoms with Crippen LogP contribution in [0.15, 0.2) is 51.7 Å². The molecule has 0 atom stereocenters. The quantitative estimate of drug-likeness (QED) is 0.487. The molecular formula is C27H33N5O6S. The zero-order valence-corrected chi connectivity index (χ0v) is 23.2. The summed E-state index contributed by atoms with van der Waals surface area (Å²) in [5, 5.41) is 3.17. The highest BCUT2D eigenvalue weighted by Crippen LogP contribution is 2.32. The van der Waals surface area contributed by atoms with Crippen molar-refractivity contribution >= 4 is 44.0 Å². The lowest BCUT2D eigenvalue weighted by Crippen LogP contribution is -2.48. The molecule has 2 fully saturated rings. The zero-order valence-electron chi connectivity index (χ0n) is 22.3. The van der Waals surface area contributed by atoms with Crippen LogP contribution in [0.3, 0.4) is 0 Å². The lowest BCUT2D eigenvalue weighted by atomic mass is 10.1. The van der Waals surface area contributed by atoms with Crippen LogP contribution >= 0.6 is 0 Å². The highest BCUT2D eigenvalue weighted by atomic mass is 32.2. The molecule has 2 aliphatic heterocycles. The van der Waals surface area contributed by atoms with Crippen molar-refractivity contribution in [2.75, 3.05) is 87.9 Å². The van der Waals surface area contributed by atoms with E-state index >= 15 is 0 Å². The molecular weight excluding hydrogens is 522 g/mol. The molecule has 0 spiro atoms. The number of carbonyl (C=O) groups excluding carboxylic acids is 1. The van der Waals surface area contributed by atoms with Crippen molar-refractivity contribution in [2.45, 2.75) is 0 Å². The lowest BCUT2D eigenvalue weighted by molar-refractivity contribution is 0.0997. The number of anilines is 3. The Bertz CT molecular complexity index is 1520. The minimum atomic E-state index is -3.19. The Morgan fingerprint density at radius 3 is 2.18 bits per heavy atom. The van der Waals surface area contributed by atoms with Crippen LogP contribution in [0.5, 0.6) is 5.75 Å². The van der Waals surface area contributed by atoms with Crippen molar-refractivity contribution in [2.24, 2.45) is 0 Å². The van der Waals surface area contributed by atoms with Gasteiger partial charge in [0.15, 0.2) is 16.8 Å². The number of hydrogen-bond donors (Lipinski definition) is 1. The molecule has 11 nitrogen and oxygen atoms in total. The van der Waals surface area contributed by atoms with Gasteiger partial charge in [0.25, 0.3) is 5.91 Å². The SMILES string of the molecule is COc1cc(N2CCN(C)CC2)c2oc(C(=O)Nc3ccc(N4CCN(S(C)(=O)=O)CC4)cc3)cc(=O)c2c1. The number of sulfonamides is 1. The van der Waals surface area contributed by atoms with Gasteiger partial charge in [-0.3, -0.25) is 9.59 Å². The molecule has 0 bridgehead atoms. The van der Waals surface area contributed by atoms with E-state index in [0.717, 1.165) is 37.6 Å². The van der Waals surface area contributed by atoms with Crippen LogP contribution in [0.4, 0.5) is 17.1 Å². The summed E-state index contributed by atoms with van der Waals surface area (Å²) in [6.45, 7) is 5.28. The van der Waals surface area contributed by atoms with Gasteiger partial charge in [-0.2, -0.15) is 4.31 Å². The molecule has 0 aliphatic carbocycles. The third-order valence-electron chi connectivity index (χ3n) is 7.28. The van der Waals surface area contributed by atoms with E-state index in [0.29, 0.717) is 48.6 Å². The van der Waals surface area contributed by atoms with Gasteiger partial charge in [0.1, 0.15) is 5.75 Å². The average Bonchev–Trinajstić information content (AvgIpc) is 2.93. The van der Waals surface area contributed by atoms with Gasteiger partial charge in [0.05, 0.1) is 24.4 Å². The predicted octanol–water partition coefficient (Wildman–Crippen LogP) is 1.89. The Labute approximate surface area is 227 Å². The van der Waals surface area contributed by atoms with E-state index in [4.69, 9.17) is 9.15 Å². The number of hydrogen-bond acceptors (Lipinski definition) is 9. The molecule has 5 rings (SSSR count). The Hall–Kier alpha value is -3.61. The van der Waals surface area contributed by atoms with E-state index in [1.165, 1.54) is 16.6 Å². The molecule has 39 heavy (non-hydrogen) atoms. The van der Waals surface area contributed by atoms with E-state index in [1.807, 2.05) is 18.2 Å². The van der Waals surface area contributed by atoms with Crippen molar-refractivity contribution in [3.8, 4) is 5.75 Å². The summed E-state index contributed by atoms with van der Waals surface area (Å²) in [6, 6.07) is 12.0. The Kier molecular flexibility index (Phi) is 7.52. The van der Waals surface area contributed by atoms with Gasteiger partial charge in [-0.05, 0) is 37.4 Å². The Balaban J connectivity index is 1.35. The molecule has 0 saturated carbocycles. The number of benzene rings is 2. The third kappa shape index (κ3) is 5.87. The van der Waals surface area contributed by atoms with Gasteiger partial charge in [-0.15, -0.1) is 0 Å². The normalized spacial score (nSPS) is 17.4. The van der Waals surface area contributed by atoms with Crippen molar-refractivity contribution in [3.05, 3.63) is 58.4 Å². The van der Waals surface area contributed by atoms with Crippen LogP contribution in [0, 0.1) is 0 Å². The molecule has 1 amide bonds. The van der Waals surface area contributed by atoms with Crippen LogP contribution in [0.1, 0.15) is 10.6 Å². The number of amides is 1. The van der Waals surface area contributed by atoms with E-state index in [9.17, 15) is 18.0 Å². The summed E-state index contributed by atoms with van der Waals surface area (Å²) in [6.07, 6.45) is 1.22. The second-order valence-electron chi connectivity index (χ2n) is 9.94. The number of likely N-dealkylation sites (N-methyl/N-ethyl adjacent to an activating group) is 1. The average molecular weight is 556 g/mol.